The van der Waals surface area contributed by atoms with Gasteiger partial charge in [-0.2, -0.15) is 15.0 Å². The van der Waals surface area contributed by atoms with Gasteiger partial charge in [0.25, 0.3) is 0 Å². The van der Waals surface area contributed by atoms with Crippen LogP contribution in [-0.2, 0) is 6.54 Å². The highest BCUT2D eigenvalue weighted by atomic mass is 16.5. The van der Waals surface area contributed by atoms with Crippen molar-refractivity contribution < 1.29 is 4.74 Å². The van der Waals surface area contributed by atoms with Gasteiger partial charge in [0.1, 0.15) is 12.4 Å². The highest BCUT2D eigenvalue weighted by Gasteiger charge is 2.11. The van der Waals surface area contributed by atoms with Gasteiger partial charge in [0, 0.05) is 32.0 Å². The van der Waals surface area contributed by atoms with Gasteiger partial charge in [0.2, 0.25) is 17.8 Å². The SMILES string of the molecule is CCN(CC)c1nc(NCCOc2ccccc2)nc(NCc2cccnc2)n1. The van der Waals surface area contributed by atoms with E-state index in [0.29, 0.717) is 37.5 Å². The van der Waals surface area contributed by atoms with Crippen molar-refractivity contribution in [1.29, 1.82) is 0 Å². The second-order valence-corrected chi connectivity index (χ2v) is 6.26. The van der Waals surface area contributed by atoms with Crippen molar-refractivity contribution in [2.75, 3.05) is 41.8 Å². The molecule has 3 rings (SSSR count). The van der Waals surface area contributed by atoms with Crippen LogP contribution < -0.4 is 20.3 Å². The summed E-state index contributed by atoms with van der Waals surface area (Å²) in [5.41, 5.74) is 1.06. The number of nitrogens with one attached hydrogen (secondary N) is 2. The van der Waals surface area contributed by atoms with E-state index in [2.05, 4.69) is 49.3 Å². The number of para-hydroxylation sites is 1. The van der Waals surface area contributed by atoms with Crippen molar-refractivity contribution in [3.63, 3.8) is 0 Å². The van der Waals surface area contributed by atoms with Crippen LogP contribution in [-0.4, -0.2) is 46.2 Å². The third-order valence-corrected chi connectivity index (χ3v) is 4.24. The maximum Gasteiger partial charge on any atom is 0.231 e. The summed E-state index contributed by atoms with van der Waals surface area (Å²) in [6, 6.07) is 13.6. The lowest BCUT2D eigenvalue weighted by Gasteiger charge is -2.20. The summed E-state index contributed by atoms with van der Waals surface area (Å²) in [5, 5.41) is 6.49. The van der Waals surface area contributed by atoms with Crippen LogP contribution in [0.5, 0.6) is 5.75 Å². The summed E-state index contributed by atoms with van der Waals surface area (Å²) in [5.74, 6) is 2.53. The Balaban J connectivity index is 1.64. The zero-order valence-electron chi connectivity index (χ0n) is 16.9. The van der Waals surface area contributed by atoms with E-state index in [1.54, 1.807) is 6.20 Å². The Kier molecular flexibility index (Phi) is 7.56. The molecule has 0 spiro atoms. The summed E-state index contributed by atoms with van der Waals surface area (Å²) in [4.78, 5) is 19.8. The molecule has 0 saturated carbocycles. The van der Waals surface area contributed by atoms with Crippen LogP contribution in [0.1, 0.15) is 19.4 Å². The second-order valence-electron chi connectivity index (χ2n) is 6.26. The largest absolute Gasteiger partial charge is 0.492 e. The van der Waals surface area contributed by atoms with Crippen LogP contribution in [0.3, 0.4) is 0 Å². The second kappa shape index (κ2) is 10.8. The van der Waals surface area contributed by atoms with E-state index >= 15 is 0 Å². The average molecular weight is 393 g/mol. The zero-order chi connectivity index (χ0) is 20.3. The molecule has 0 unspecified atom stereocenters. The Bertz CT molecular complexity index is 857. The number of hydrogen-bond acceptors (Lipinski definition) is 8. The Labute approximate surface area is 171 Å². The molecule has 29 heavy (non-hydrogen) atoms. The van der Waals surface area contributed by atoms with Crippen LogP contribution in [0, 0.1) is 0 Å². The molecule has 0 atom stereocenters. The van der Waals surface area contributed by atoms with Crippen LogP contribution in [0.4, 0.5) is 17.8 Å². The molecule has 152 valence electrons. The van der Waals surface area contributed by atoms with E-state index in [-0.39, 0.29) is 0 Å². The lowest BCUT2D eigenvalue weighted by Crippen LogP contribution is -2.26. The van der Waals surface area contributed by atoms with E-state index in [0.717, 1.165) is 24.4 Å². The molecule has 0 aliphatic heterocycles. The van der Waals surface area contributed by atoms with Gasteiger partial charge in [-0.25, -0.2) is 0 Å². The predicted molar refractivity (Wildman–Crippen MR) is 115 cm³/mol. The first-order chi connectivity index (χ1) is 14.3. The van der Waals surface area contributed by atoms with Crippen molar-refractivity contribution in [2.24, 2.45) is 0 Å². The molecule has 0 fully saturated rings. The number of hydrogen-bond donors (Lipinski definition) is 2. The summed E-state index contributed by atoms with van der Waals surface area (Å²) < 4.78 is 5.72. The smallest absolute Gasteiger partial charge is 0.231 e. The quantitative estimate of drug-likeness (QED) is 0.480. The van der Waals surface area contributed by atoms with Crippen molar-refractivity contribution in [3.8, 4) is 5.75 Å². The number of nitrogens with zero attached hydrogens (tertiary/aromatic N) is 5. The maximum atomic E-state index is 5.72. The molecule has 1 aromatic carbocycles. The number of benzene rings is 1. The highest BCUT2D eigenvalue weighted by Crippen LogP contribution is 2.14. The van der Waals surface area contributed by atoms with Gasteiger partial charge < -0.3 is 20.3 Å². The van der Waals surface area contributed by atoms with Crippen LogP contribution in [0.25, 0.3) is 0 Å². The minimum atomic E-state index is 0.509. The van der Waals surface area contributed by atoms with E-state index < -0.39 is 0 Å². The Morgan fingerprint density at radius 3 is 2.34 bits per heavy atom. The molecule has 2 aromatic heterocycles. The summed E-state index contributed by atoms with van der Waals surface area (Å²) in [6.07, 6.45) is 3.57. The number of rotatable bonds is 11. The molecule has 0 amide bonds. The zero-order valence-corrected chi connectivity index (χ0v) is 16.9. The van der Waals surface area contributed by atoms with E-state index in [1.165, 1.54) is 0 Å². The lowest BCUT2D eigenvalue weighted by molar-refractivity contribution is 0.332. The minimum absolute atomic E-state index is 0.509. The van der Waals surface area contributed by atoms with Gasteiger partial charge in [0.15, 0.2) is 0 Å². The summed E-state index contributed by atoms with van der Waals surface area (Å²) >= 11 is 0. The molecule has 8 nitrogen and oxygen atoms in total. The number of aromatic nitrogens is 4. The molecule has 0 aliphatic carbocycles. The molecule has 2 N–H and O–H groups in total. The van der Waals surface area contributed by atoms with Gasteiger partial charge in [-0.15, -0.1) is 0 Å². The molecule has 0 radical (unpaired) electrons. The van der Waals surface area contributed by atoms with Crippen LogP contribution in [0.15, 0.2) is 54.9 Å². The van der Waals surface area contributed by atoms with Gasteiger partial charge in [-0.3, -0.25) is 4.98 Å². The highest BCUT2D eigenvalue weighted by molar-refractivity contribution is 5.44. The van der Waals surface area contributed by atoms with E-state index in [4.69, 9.17) is 4.74 Å². The van der Waals surface area contributed by atoms with Crippen molar-refractivity contribution >= 4 is 17.8 Å². The third kappa shape index (κ3) is 6.31. The fourth-order valence-electron chi connectivity index (χ4n) is 2.70. The van der Waals surface area contributed by atoms with Gasteiger partial charge in [0.05, 0.1) is 6.54 Å². The fraction of sp³-hybridized carbons (Fsp3) is 0.333. The van der Waals surface area contributed by atoms with E-state index in [1.807, 2.05) is 48.7 Å². The summed E-state index contributed by atoms with van der Waals surface area (Å²) in [7, 11) is 0. The standard InChI is InChI=1S/C21H27N7O/c1-3-28(4-2)21-26-19(23-13-14-29-18-10-6-5-7-11-18)25-20(27-21)24-16-17-9-8-12-22-15-17/h5-12,15H,3-4,13-14,16H2,1-2H3,(H2,23,24,25,26,27). The van der Waals surface area contributed by atoms with Gasteiger partial charge in [-0.1, -0.05) is 24.3 Å². The Hall–Kier alpha value is -3.42. The van der Waals surface area contributed by atoms with Crippen molar-refractivity contribution in [3.05, 3.63) is 60.4 Å². The Morgan fingerprint density at radius 1 is 0.897 bits per heavy atom. The first kappa shape index (κ1) is 20.3. The Morgan fingerprint density at radius 2 is 1.66 bits per heavy atom. The summed E-state index contributed by atoms with van der Waals surface area (Å²) in [6.45, 7) is 7.48. The molecule has 0 aliphatic rings. The lowest BCUT2D eigenvalue weighted by atomic mass is 10.3. The van der Waals surface area contributed by atoms with Crippen molar-refractivity contribution in [2.45, 2.75) is 20.4 Å². The molecule has 8 heteroatoms. The predicted octanol–water partition coefficient (Wildman–Crippen LogP) is 3.22. The first-order valence-electron chi connectivity index (χ1n) is 9.84. The number of ether oxygens (including phenoxy) is 1. The maximum absolute atomic E-state index is 5.72. The normalized spacial score (nSPS) is 10.4. The van der Waals surface area contributed by atoms with E-state index in [9.17, 15) is 0 Å². The van der Waals surface area contributed by atoms with Crippen molar-refractivity contribution in [1.82, 2.24) is 19.9 Å². The minimum Gasteiger partial charge on any atom is -0.492 e. The first-order valence-corrected chi connectivity index (χ1v) is 9.84. The molecule has 2 heterocycles. The molecule has 0 saturated heterocycles. The fourth-order valence-corrected chi connectivity index (χ4v) is 2.70. The third-order valence-electron chi connectivity index (χ3n) is 4.24. The number of anilines is 3. The average Bonchev–Trinajstić information content (AvgIpc) is 2.78. The number of pyridine rings is 1. The molecule has 0 bridgehead atoms. The monoisotopic (exact) mass is 393 g/mol. The van der Waals surface area contributed by atoms with Gasteiger partial charge in [-0.05, 0) is 37.6 Å². The molecular weight excluding hydrogens is 366 g/mol. The van der Waals surface area contributed by atoms with Crippen LogP contribution >= 0.6 is 0 Å². The topological polar surface area (TPSA) is 88.1 Å². The van der Waals surface area contributed by atoms with Gasteiger partial charge >= 0.3 is 0 Å². The van der Waals surface area contributed by atoms with Crippen LogP contribution in [0.2, 0.25) is 0 Å². The molecule has 3 aromatic rings. The molecular formula is C21H27N7O.